The van der Waals surface area contributed by atoms with E-state index in [1.54, 1.807) is 3.88 Å². The quantitative estimate of drug-likeness (QED) is 0.664. The summed E-state index contributed by atoms with van der Waals surface area (Å²) in [5.74, 6) is 0. The van der Waals surface area contributed by atoms with Crippen LogP contribution in [0.15, 0.2) is 22.1 Å². The number of hydrogen-bond donors (Lipinski definition) is 0. The fourth-order valence-electron chi connectivity index (χ4n) is 2.40. The molecule has 1 nitrogen and oxygen atoms in total. The third kappa shape index (κ3) is 4.67. The van der Waals surface area contributed by atoms with Gasteiger partial charge in [-0.15, -0.1) is 24.8 Å². The summed E-state index contributed by atoms with van der Waals surface area (Å²) in [6.07, 6.45) is 7.79. The van der Waals surface area contributed by atoms with Gasteiger partial charge in [0.1, 0.15) is 0 Å². The number of hydrogen-bond acceptors (Lipinski definition) is 1. The second kappa shape index (κ2) is 4.91. The van der Waals surface area contributed by atoms with E-state index in [-0.39, 0.29) is 24.8 Å². The summed E-state index contributed by atoms with van der Waals surface area (Å²) in [5.41, 5.74) is 0. The van der Waals surface area contributed by atoms with E-state index in [4.69, 9.17) is 3.01 Å². The Morgan fingerprint density at radius 3 is 1.94 bits per heavy atom. The van der Waals surface area contributed by atoms with Crippen LogP contribution >= 0.6 is 24.8 Å². The number of rotatable bonds is 3. The molecule has 0 spiro atoms. The molecule has 0 aromatic carbocycles. The van der Waals surface area contributed by atoms with E-state index in [9.17, 15) is 0 Å². The Morgan fingerprint density at radius 1 is 1.12 bits per heavy atom. The van der Waals surface area contributed by atoms with Gasteiger partial charge in [-0.1, -0.05) is 0 Å². The van der Waals surface area contributed by atoms with Crippen LogP contribution in [0.5, 0.6) is 0 Å². The van der Waals surface area contributed by atoms with Crippen molar-refractivity contribution in [1.29, 1.82) is 0 Å². The fraction of sp³-hybridized carbons (Fsp3) is 0.636. The van der Waals surface area contributed by atoms with Crippen LogP contribution in [0, 0.1) is 0 Å². The minimum atomic E-state index is -3.24. The molecule has 0 aliphatic heterocycles. The van der Waals surface area contributed by atoms with Gasteiger partial charge in [0.25, 0.3) is 0 Å². The molecule has 0 aromatic rings. The van der Waals surface area contributed by atoms with Crippen LogP contribution in [0.4, 0.5) is 0 Å². The Hall–Kier alpha value is 0.951. The standard InChI is InChI=1S/C5H5.C2H7OSi.4CH3.2ClH.Ti/c1-2-4-5-3-1;1-4(2)3;;;;;;;/h1-3H,4H2;4H,1-2H3;4*1H3;2*1H;/q;-1;;;;;;;+1. The molecule has 0 saturated heterocycles. The van der Waals surface area contributed by atoms with Gasteiger partial charge in [-0.05, 0) is 0 Å². The first-order valence-corrected chi connectivity index (χ1v) is 16.0. The van der Waals surface area contributed by atoms with Gasteiger partial charge >= 0.3 is 89.0 Å². The van der Waals surface area contributed by atoms with E-state index in [2.05, 4.69) is 52.2 Å². The van der Waals surface area contributed by atoms with Crippen molar-refractivity contribution in [1.82, 2.24) is 0 Å². The maximum Gasteiger partial charge on any atom is -0.147 e. The van der Waals surface area contributed by atoms with Crippen molar-refractivity contribution in [2.75, 3.05) is 0 Å². The molecule has 0 saturated carbocycles. The van der Waals surface area contributed by atoms with Gasteiger partial charge < -0.3 is 0 Å². The molecule has 1 aliphatic carbocycles. The zero-order valence-electron chi connectivity index (χ0n) is 11.2. The van der Waals surface area contributed by atoms with Gasteiger partial charge in [-0.2, -0.15) is 0 Å². The average Bonchev–Trinajstić information content (AvgIpc) is 2.28. The van der Waals surface area contributed by atoms with Gasteiger partial charge in [-0.25, -0.2) is 0 Å². The van der Waals surface area contributed by atoms with Gasteiger partial charge in [-0.3, -0.25) is 0 Å². The molecular formula is C11H26Cl2OSiTi. The zero-order valence-corrected chi connectivity index (χ0v) is 15.6. The molecule has 0 N–H and O–H groups in total. The van der Waals surface area contributed by atoms with Crippen LogP contribution in [0.3, 0.4) is 0 Å². The van der Waals surface area contributed by atoms with Gasteiger partial charge in [0.05, 0.1) is 0 Å². The van der Waals surface area contributed by atoms with E-state index >= 15 is 0 Å². The molecule has 0 atom stereocenters. The van der Waals surface area contributed by atoms with Crippen LogP contribution in [0.2, 0.25) is 34.0 Å². The molecule has 0 amide bonds. The van der Waals surface area contributed by atoms with Crippen molar-refractivity contribution >= 4 is 33.9 Å². The largest absolute Gasteiger partial charge is 0.147 e. The topological polar surface area (TPSA) is 9.23 Å². The van der Waals surface area contributed by atoms with E-state index in [0.29, 0.717) is 0 Å². The molecule has 0 radical (unpaired) electrons. The first-order valence-electron chi connectivity index (χ1n) is 5.56. The Kier molecular flexibility index (Phi) is 5.92. The maximum atomic E-state index is 6.51. The second-order valence-electron chi connectivity index (χ2n) is 7.41. The summed E-state index contributed by atoms with van der Waals surface area (Å²) in [6.45, 7) is 4.54. The van der Waals surface area contributed by atoms with Crippen LogP contribution in [0.1, 0.15) is 6.42 Å². The molecule has 0 fully saturated rings. The molecule has 1 aliphatic rings. The van der Waals surface area contributed by atoms with Crippen molar-refractivity contribution in [2.24, 2.45) is 0 Å². The molecule has 0 aromatic heterocycles. The Labute approximate surface area is 113 Å². The van der Waals surface area contributed by atoms with Gasteiger partial charge in [0.2, 0.25) is 0 Å². The maximum absolute atomic E-state index is 6.51. The van der Waals surface area contributed by atoms with Crippen molar-refractivity contribution in [2.45, 2.75) is 40.4 Å². The Balaban J connectivity index is 0. The van der Waals surface area contributed by atoms with Gasteiger partial charge in [0.15, 0.2) is 0 Å². The number of allylic oxidation sites excluding steroid dienone is 4. The molecule has 0 bridgehead atoms. The molecule has 5 heteroatoms. The third-order valence-corrected chi connectivity index (χ3v) is 16.7. The van der Waals surface area contributed by atoms with E-state index in [1.165, 1.54) is 0 Å². The van der Waals surface area contributed by atoms with E-state index in [1.807, 2.05) is 0 Å². The summed E-state index contributed by atoms with van der Waals surface area (Å²) in [4.78, 5) is 0. The first kappa shape index (κ1) is 19.3. The summed E-state index contributed by atoms with van der Waals surface area (Å²) < 4.78 is 8.08. The second-order valence-corrected chi connectivity index (χ2v) is 27.2. The number of halogens is 2. The Bertz CT molecular complexity index is 313. The predicted molar refractivity (Wildman–Crippen MR) is 79.8 cm³/mol. The summed E-state index contributed by atoms with van der Waals surface area (Å²) in [5, 5.41) is 9.58. The monoisotopic (exact) mass is 320 g/mol. The molecule has 1 rings (SSSR count). The van der Waals surface area contributed by atoms with E-state index < -0.39 is 23.5 Å². The van der Waals surface area contributed by atoms with Gasteiger partial charge in [0, 0.05) is 0 Å². The fourth-order valence-corrected chi connectivity index (χ4v) is 18.2. The normalized spacial score (nSPS) is 19.3. The van der Waals surface area contributed by atoms with Crippen molar-refractivity contribution in [3.05, 3.63) is 22.1 Å². The SMILES string of the molecule is C[SiH](C)[O][Ti]([CH3])([CH3])([CH3])([CH3])[C]1=CC=CC1.Cl.Cl. The molecule has 16 heavy (non-hydrogen) atoms. The third-order valence-electron chi connectivity index (χ3n) is 2.95. The summed E-state index contributed by atoms with van der Waals surface area (Å²) >= 11 is -3.24. The molecular weight excluding hydrogens is 295 g/mol. The van der Waals surface area contributed by atoms with Crippen LogP contribution in [-0.4, -0.2) is 9.04 Å². The molecule has 98 valence electrons. The summed E-state index contributed by atoms with van der Waals surface area (Å²) in [7, 11) is -0.971. The molecule has 0 heterocycles. The van der Waals surface area contributed by atoms with Crippen LogP contribution in [-0.2, 0) is 17.4 Å². The van der Waals surface area contributed by atoms with Crippen LogP contribution < -0.4 is 0 Å². The summed E-state index contributed by atoms with van der Waals surface area (Å²) in [6, 6.07) is 0. The van der Waals surface area contributed by atoms with Crippen molar-refractivity contribution < 1.29 is 17.4 Å². The Morgan fingerprint density at radius 2 is 1.62 bits per heavy atom. The minimum absolute atomic E-state index is 0. The van der Waals surface area contributed by atoms with Crippen molar-refractivity contribution in [3.63, 3.8) is 0 Å². The first-order chi connectivity index (χ1) is 6.04. The van der Waals surface area contributed by atoms with Crippen molar-refractivity contribution in [3.8, 4) is 0 Å². The minimum Gasteiger partial charge on any atom is -0.147 e. The van der Waals surface area contributed by atoms with Crippen LogP contribution in [0.25, 0.3) is 0 Å². The average molecular weight is 321 g/mol. The predicted octanol–water partition coefficient (Wildman–Crippen LogP) is 5.01. The smallest absolute Gasteiger partial charge is 0.147 e. The zero-order chi connectivity index (χ0) is 11.1. The molecule has 0 unspecified atom stereocenters. The van der Waals surface area contributed by atoms with E-state index in [0.717, 1.165) is 6.42 Å².